The molecule has 22 heavy (non-hydrogen) atoms. The molecule has 1 aromatic rings. The Kier molecular flexibility index (Phi) is 6.32. The maximum Gasteiger partial charge on any atom is 0.336 e. The second-order valence-corrected chi connectivity index (χ2v) is 6.85. The molecule has 122 valence electrons. The van der Waals surface area contributed by atoms with Crippen molar-refractivity contribution in [3.8, 4) is 5.75 Å². The minimum Gasteiger partial charge on any atom is -0.478 e. The molecule has 0 fully saturated rings. The molecule has 0 atom stereocenters. The summed E-state index contributed by atoms with van der Waals surface area (Å²) >= 11 is 0. The Morgan fingerprint density at radius 1 is 1.18 bits per heavy atom. The number of carbonyl (C=O) groups is 2. The van der Waals surface area contributed by atoms with Gasteiger partial charge >= 0.3 is 11.9 Å². The molecule has 0 aromatic heterocycles. The van der Waals surface area contributed by atoms with Crippen LogP contribution in [0.15, 0.2) is 18.2 Å². The Hall–Kier alpha value is -2.13. The zero-order valence-corrected chi connectivity index (χ0v) is 12.7. The minimum atomic E-state index is -2.99. The van der Waals surface area contributed by atoms with Crippen molar-refractivity contribution < 1.29 is 33.0 Å². The van der Waals surface area contributed by atoms with E-state index in [1.165, 1.54) is 6.07 Å². The van der Waals surface area contributed by atoms with E-state index in [0.717, 1.165) is 18.4 Å². The van der Waals surface area contributed by atoms with Crippen molar-refractivity contribution in [1.82, 2.24) is 5.32 Å². The number of aromatic carboxylic acids is 2. The zero-order chi connectivity index (χ0) is 16.8. The van der Waals surface area contributed by atoms with Crippen LogP contribution < -0.4 is 10.1 Å². The molecule has 0 aliphatic rings. The first-order chi connectivity index (χ1) is 10.2. The number of rotatable bonds is 9. The van der Waals surface area contributed by atoms with Crippen LogP contribution in [-0.4, -0.2) is 55.9 Å². The third-order valence-electron chi connectivity index (χ3n) is 2.66. The third-order valence-corrected chi connectivity index (χ3v) is 3.69. The largest absolute Gasteiger partial charge is 0.478 e. The van der Waals surface area contributed by atoms with Crippen molar-refractivity contribution >= 4 is 21.8 Å². The summed E-state index contributed by atoms with van der Waals surface area (Å²) in [6.45, 7) is 0.474. The van der Waals surface area contributed by atoms with E-state index in [-0.39, 0.29) is 29.4 Å². The summed E-state index contributed by atoms with van der Waals surface area (Å²) in [6, 6.07) is 3.64. The lowest BCUT2D eigenvalue weighted by atomic mass is 10.1. The lowest BCUT2D eigenvalue weighted by Gasteiger charge is -2.09. The molecule has 0 radical (unpaired) electrons. The molecule has 8 nitrogen and oxygen atoms in total. The predicted molar refractivity (Wildman–Crippen MR) is 78.2 cm³/mol. The van der Waals surface area contributed by atoms with Gasteiger partial charge in [-0.15, -0.1) is 0 Å². The van der Waals surface area contributed by atoms with Crippen LogP contribution in [0.2, 0.25) is 0 Å². The van der Waals surface area contributed by atoms with Crippen LogP contribution in [-0.2, 0) is 9.84 Å². The molecule has 0 unspecified atom stereocenters. The molecule has 0 aliphatic heterocycles. The summed E-state index contributed by atoms with van der Waals surface area (Å²) in [5.74, 6) is -2.42. The average molecular weight is 331 g/mol. The summed E-state index contributed by atoms with van der Waals surface area (Å²) < 4.78 is 27.1. The third kappa shape index (κ3) is 6.10. The fraction of sp³-hybridized carbons (Fsp3) is 0.385. The Morgan fingerprint density at radius 2 is 1.82 bits per heavy atom. The van der Waals surface area contributed by atoms with Crippen molar-refractivity contribution in [2.45, 2.75) is 6.42 Å². The molecular formula is C13H17NO7S. The van der Waals surface area contributed by atoms with Gasteiger partial charge in [0.15, 0.2) is 0 Å². The Balaban J connectivity index is 2.52. The number of hydrogen-bond donors (Lipinski definition) is 3. The molecule has 0 bridgehead atoms. The number of nitrogens with one attached hydrogen (secondary N) is 1. The number of hydrogen-bond acceptors (Lipinski definition) is 6. The molecule has 9 heteroatoms. The number of ether oxygens (including phenoxy) is 1. The summed E-state index contributed by atoms with van der Waals surface area (Å²) in [4.78, 5) is 21.9. The van der Waals surface area contributed by atoms with Crippen LogP contribution >= 0.6 is 0 Å². The van der Waals surface area contributed by atoms with Crippen molar-refractivity contribution in [2.75, 3.05) is 25.3 Å². The fourth-order valence-electron chi connectivity index (χ4n) is 1.64. The highest BCUT2D eigenvalue weighted by molar-refractivity contribution is 7.90. The van der Waals surface area contributed by atoms with Gasteiger partial charge in [0.05, 0.1) is 16.9 Å². The van der Waals surface area contributed by atoms with Gasteiger partial charge in [-0.25, -0.2) is 18.0 Å². The SMILES string of the molecule is CS(=O)(=O)CCCNCOc1ccc(C(=O)O)c(C(=O)O)c1. The zero-order valence-electron chi connectivity index (χ0n) is 11.9. The summed E-state index contributed by atoms with van der Waals surface area (Å²) in [5, 5.41) is 20.7. The quantitative estimate of drug-likeness (QED) is 0.439. The first-order valence-corrected chi connectivity index (χ1v) is 8.38. The van der Waals surface area contributed by atoms with E-state index in [4.69, 9.17) is 14.9 Å². The van der Waals surface area contributed by atoms with E-state index in [1.807, 2.05) is 0 Å². The number of carboxylic acid groups (broad SMARTS) is 2. The van der Waals surface area contributed by atoms with Crippen LogP contribution in [0, 0.1) is 0 Å². The Labute approximate surface area is 127 Å². The van der Waals surface area contributed by atoms with E-state index in [2.05, 4.69) is 5.32 Å². The predicted octanol–water partition coefficient (Wildman–Crippen LogP) is 0.444. The van der Waals surface area contributed by atoms with E-state index in [0.29, 0.717) is 13.0 Å². The van der Waals surface area contributed by atoms with Crippen molar-refractivity contribution in [3.05, 3.63) is 29.3 Å². The van der Waals surface area contributed by atoms with Gasteiger partial charge in [0.1, 0.15) is 22.3 Å². The maximum absolute atomic E-state index is 11.0. The molecule has 1 rings (SSSR count). The number of carboxylic acids is 2. The topological polar surface area (TPSA) is 130 Å². The van der Waals surface area contributed by atoms with E-state index in [1.54, 1.807) is 0 Å². The van der Waals surface area contributed by atoms with Crippen molar-refractivity contribution in [3.63, 3.8) is 0 Å². The van der Waals surface area contributed by atoms with E-state index in [9.17, 15) is 18.0 Å². The molecule has 0 heterocycles. The van der Waals surface area contributed by atoms with Crippen LogP contribution in [0.1, 0.15) is 27.1 Å². The van der Waals surface area contributed by atoms with Crippen LogP contribution in [0.3, 0.4) is 0 Å². The van der Waals surface area contributed by atoms with Gasteiger partial charge in [-0.05, 0) is 31.2 Å². The first-order valence-electron chi connectivity index (χ1n) is 6.32. The monoisotopic (exact) mass is 331 g/mol. The number of benzene rings is 1. The standard InChI is InChI=1S/C13H17NO7S/c1-22(19,20)6-2-5-14-8-21-9-3-4-10(12(15)16)11(7-9)13(17)18/h3-4,7,14H,2,5-6,8H2,1H3,(H,15,16)(H,17,18). The van der Waals surface area contributed by atoms with Crippen LogP contribution in [0.4, 0.5) is 0 Å². The fourth-order valence-corrected chi connectivity index (χ4v) is 2.31. The van der Waals surface area contributed by atoms with Gasteiger partial charge in [0.2, 0.25) is 0 Å². The highest BCUT2D eigenvalue weighted by Crippen LogP contribution is 2.18. The first kappa shape index (κ1) is 17.9. The lowest BCUT2D eigenvalue weighted by Crippen LogP contribution is -2.23. The van der Waals surface area contributed by atoms with E-state index >= 15 is 0 Å². The lowest BCUT2D eigenvalue weighted by molar-refractivity contribution is 0.0651. The molecule has 0 amide bonds. The van der Waals surface area contributed by atoms with Gasteiger partial charge in [-0.1, -0.05) is 0 Å². The molecule has 3 N–H and O–H groups in total. The second kappa shape index (κ2) is 7.76. The van der Waals surface area contributed by atoms with Crippen LogP contribution in [0.5, 0.6) is 5.75 Å². The van der Waals surface area contributed by atoms with Crippen molar-refractivity contribution in [1.29, 1.82) is 0 Å². The molecule has 1 aromatic carbocycles. The normalized spacial score (nSPS) is 11.1. The summed E-state index contributed by atoms with van der Waals surface area (Å²) in [5.41, 5.74) is -0.678. The van der Waals surface area contributed by atoms with Gasteiger partial charge in [0.25, 0.3) is 0 Å². The Bertz CT molecular complexity index is 654. The Morgan fingerprint density at radius 3 is 2.36 bits per heavy atom. The molecule has 0 saturated carbocycles. The van der Waals surface area contributed by atoms with Gasteiger partial charge in [-0.3, -0.25) is 5.32 Å². The summed E-state index contributed by atoms with van der Waals surface area (Å²) in [7, 11) is -2.99. The minimum absolute atomic E-state index is 0.0508. The van der Waals surface area contributed by atoms with Gasteiger partial charge in [0, 0.05) is 6.26 Å². The molecule has 0 spiro atoms. The second-order valence-electron chi connectivity index (χ2n) is 4.59. The summed E-state index contributed by atoms with van der Waals surface area (Å²) in [6.07, 6.45) is 1.58. The highest BCUT2D eigenvalue weighted by Gasteiger charge is 2.16. The number of sulfone groups is 1. The molecule has 0 saturated heterocycles. The average Bonchev–Trinajstić information content (AvgIpc) is 2.41. The molecule has 0 aliphatic carbocycles. The van der Waals surface area contributed by atoms with Gasteiger partial charge in [-0.2, -0.15) is 0 Å². The maximum atomic E-state index is 11.0. The van der Waals surface area contributed by atoms with Crippen molar-refractivity contribution in [2.24, 2.45) is 0 Å². The smallest absolute Gasteiger partial charge is 0.336 e. The van der Waals surface area contributed by atoms with Crippen LogP contribution in [0.25, 0.3) is 0 Å². The van der Waals surface area contributed by atoms with E-state index < -0.39 is 21.8 Å². The highest BCUT2D eigenvalue weighted by atomic mass is 32.2. The molecular weight excluding hydrogens is 314 g/mol. The van der Waals surface area contributed by atoms with Gasteiger partial charge < -0.3 is 14.9 Å².